The first-order chi connectivity index (χ1) is 14.1. The van der Waals surface area contributed by atoms with Gasteiger partial charge in [0.2, 0.25) is 0 Å². The summed E-state index contributed by atoms with van der Waals surface area (Å²) in [5, 5.41) is 0.198. The number of nitrogens with zero attached hydrogens (tertiary/aromatic N) is 2. The smallest absolute Gasteiger partial charge is 0.416 e. The van der Waals surface area contributed by atoms with Crippen molar-refractivity contribution < 1.29 is 27.1 Å². The molecule has 0 bridgehead atoms. The summed E-state index contributed by atoms with van der Waals surface area (Å²) >= 11 is 0. The average Bonchev–Trinajstić information content (AvgIpc) is 2.71. The van der Waals surface area contributed by atoms with E-state index >= 15 is 0 Å². The van der Waals surface area contributed by atoms with Crippen LogP contribution in [0, 0.1) is 5.82 Å². The number of hydrogen-bond donors (Lipinski definition) is 0. The second-order valence-electron chi connectivity index (χ2n) is 6.99. The highest BCUT2D eigenvalue weighted by molar-refractivity contribution is 5.94. The maximum Gasteiger partial charge on any atom is 0.416 e. The number of fused-ring (bicyclic) bond motifs is 1. The average molecular weight is 420 g/mol. The highest BCUT2D eigenvalue weighted by Gasteiger charge is 2.32. The molecule has 0 aliphatic carbocycles. The SMILES string of the molecule is CCC(Oc1cc(-c2ccc(F)c3cccnc23)cc(C(F)(F)F)c1)C(=O)N(C)C. The Morgan fingerprint density at radius 1 is 1.17 bits per heavy atom. The number of alkyl halides is 3. The number of ether oxygens (including phenoxy) is 1. The van der Waals surface area contributed by atoms with Crippen LogP contribution in [0.15, 0.2) is 48.7 Å². The van der Waals surface area contributed by atoms with Crippen molar-refractivity contribution in [2.24, 2.45) is 0 Å². The molecule has 2 aromatic carbocycles. The van der Waals surface area contributed by atoms with Gasteiger partial charge in [-0.3, -0.25) is 9.78 Å². The fraction of sp³-hybridized carbons (Fsp3) is 0.273. The van der Waals surface area contributed by atoms with Gasteiger partial charge in [-0.05, 0) is 54.4 Å². The lowest BCUT2D eigenvalue weighted by Crippen LogP contribution is -2.37. The van der Waals surface area contributed by atoms with Gasteiger partial charge in [0.05, 0.1) is 11.1 Å². The molecule has 0 spiro atoms. The van der Waals surface area contributed by atoms with Gasteiger partial charge >= 0.3 is 6.18 Å². The van der Waals surface area contributed by atoms with Crippen molar-refractivity contribution in [1.82, 2.24) is 9.88 Å². The summed E-state index contributed by atoms with van der Waals surface area (Å²) in [7, 11) is 3.09. The third-order valence-corrected chi connectivity index (χ3v) is 4.63. The van der Waals surface area contributed by atoms with Crippen LogP contribution in [-0.2, 0) is 11.0 Å². The van der Waals surface area contributed by atoms with Gasteiger partial charge in [-0.15, -0.1) is 0 Å². The number of pyridine rings is 1. The molecule has 0 saturated heterocycles. The molecule has 3 aromatic rings. The molecule has 30 heavy (non-hydrogen) atoms. The molecular weight excluding hydrogens is 400 g/mol. The van der Waals surface area contributed by atoms with Gasteiger partial charge < -0.3 is 9.64 Å². The predicted octanol–water partition coefficient (Wildman–Crippen LogP) is 5.31. The van der Waals surface area contributed by atoms with E-state index in [0.717, 1.165) is 12.1 Å². The van der Waals surface area contributed by atoms with Gasteiger partial charge in [-0.2, -0.15) is 13.2 Å². The molecule has 4 nitrogen and oxygen atoms in total. The van der Waals surface area contributed by atoms with Crippen molar-refractivity contribution >= 4 is 16.8 Å². The van der Waals surface area contributed by atoms with Crippen molar-refractivity contribution in [3.8, 4) is 16.9 Å². The van der Waals surface area contributed by atoms with E-state index in [1.165, 1.54) is 35.4 Å². The summed E-state index contributed by atoms with van der Waals surface area (Å²) in [6.07, 6.45) is -3.84. The fourth-order valence-corrected chi connectivity index (χ4v) is 3.12. The molecular formula is C22H20F4N2O2. The second-order valence-corrected chi connectivity index (χ2v) is 6.99. The molecule has 158 valence electrons. The maximum atomic E-state index is 14.1. The molecule has 1 amide bonds. The molecule has 1 heterocycles. The fourth-order valence-electron chi connectivity index (χ4n) is 3.12. The Morgan fingerprint density at radius 2 is 1.90 bits per heavy atom. The predicted molar refractivity (Wildman–Crippen MR) is 106 cm³/mol. The first-order valence-corrected chi connectivity index (χ1v) is 9.25. The van der Waals surface area contributed by atoms with Gasteiger partial charge in [0.1, 0.15) is 11.6 Å². The summed E-state index contributed by atoms with van der Waals surface area (Å²) in [4.78, 5) is 17.7. The van der Waals surface area contributed by atoms with E-state index in [1.807, 2.05) is 0 Å². The van der Waals surface area contributed by atoms with E-state index in [1.54, 1.807) is 27.1 Å². The minimum atomic E-state index is -4.63. The zero-order valence-corrected chi connectivity index (χ0v) is 16.6. The van der Waals surface area contributed by atoms with E-state index < -0.39 is 23.7 Å². The third-order valence-electron chi connectivity index (χ3n) is 4.63. The number of hydrogen-bond acceptors (Lipinski definition) is 3. The number of aromatic nitrogens is 1. The van der Waals surface area contributed by atoms with Crippen LogP contribution in [0.5, 0.6) is 5.75 Å². The summed E-state index contributed by atoms with van der Waals surface area (Å²) in [5.41, 5.74) is -0.208. The van der Waals surface area contributed by atoms with E-state index in [-0.39, 0.29) is 34.5 Å². The Kier molecular flexibility index (Phi) is 5.96. The van der Waals surface area contributed by atoms with Crippen molar-refractivity contribution in [2.75, 3.05) is 14.1 Å². The highest BCUT2D eigenvalue weighted by Crippen LogP contribution is 2.38. The summed E-state index contributed by atoms with van der Waals surface area (Å²) in [6, 6.07) is 8.85. The number of halogens is 4. The first kappa shape index (κ1) is 21.5. The van der Waals surface area contributed by atoms with Gasteiger partial charge in [-0.1, -0.05) is 6.92 Å². The van der Waals surface area contributed by atoms with E-state index in [2.05, 4.69) is 4.98 Å². The van der Waals surface area contributed by atoms with Crippen molar-refractivity contribution in [1.29, 1.82) is 0 Å². The van der Waals surface area contributed by atoms with E-state index in [4.69, 9.17) is 4.74 Å². The number of carbonyl (C=O) groups is 1. The zero-order chi connectivity index (χ0) is 22.1. The molecule has 0 aliphatic rings. The number of rotatable bonds is 5. The van der Waals surface area contributed by atoms with Crippen molar-refractivity contribution in [3.05, 3.63) is 60.0 Å². The topological polar surface area (TPSA) is 42.4 Å². The minimum absolute atomic E-state index is 0.102. The maximum absolute atomic E-state index is 14.1. The summed E-state index contributed by atoms with van der Waals surface area (Å²) in [6.45, 7) is 1.71. The second kappa shape index (κ2) is 8.30. The highest BCUT2D eigenvalue weighted by atomic mass is 19.4. The lowest BCUT2D eigenvalue weighted by molar-refractivity contribution is -0.137. The lowest BCUT2D eigenvalue weighted by Gasteiger charge is -2.22. The Labute approximate surface area is 171 Å². The molecule has 0 aliphatic heterocycles. The Balaban J connectivity index is 2.16. The number of benzene rings is 2. The first-order valence-electron chi connectivity index (χ1n) is 9.25. The van der Waals surface area contributed by atoms with E-state index in [0.29, 0.717) is 5.56 Å². The van der Waals surface area contributed by atoms with E-state index in [9.17, 15) is 22.4 Å². The van der Waals surface area contributed by atoms with Crippen LogP contribution in [0.1, 0.15) is 18.9 Å². The molecule has 0 radical (unpaired) electrons. The third kappa shape index (κ3) is 4.37. The van der Waals surface area contributed by atoms with Gasteiger partial charge in [0, 0.05) is 31.2 Å². The van der Waals surface area contributed by atoms with Crippen LogP contribution in [0.25, 0.3) is 22.0 Å². The number of amides is 1. The molecule has 8 heteroatoms. The number of likely N-dealkylation sites (N-methyl/N-ethyl adjacent to an activating group) is 1. The van der Waals surface area contributed by atoms with Crippen LogP contribution in [0.4, 0.5) is 17.6 Å². The van der Waals surface area contributed by atoms with Crippen LogP contribution >= 0.6 is 0 Å². The molecule has 0 saturated carbocycles. The Morgan fingerprint density at radius 3 is 2.53 bits per heavy atom. The minimum Gasteiger partial charge on any atom is -0.481 e. The van der Waals surface area contributed by atoms with Crippen LogP contribution < -0.4 is 4.74 Å². The zero-order valence-electron chi connectivity index (χ0n) is 16.6. The summed E-state index contributed by atoms with van der Waals surface area (Å²) in [5.74, 6) is -0.978. The molecule has 0 N–H and O–H groups in total. The Bertz CT molecular complexity index is 1080. The molecule has 3 rings (SSSR count). The molecule has 1 atom stereocenters. The number of carbonyl (C=O) groups excluding carboxylic acids is 1. The lowest BCUT2D eigenvalue weighted by atomic mass is 9.99. The monoisotopic (exact) mass is 420 g/mol. The normalized spacial score (nSPS) is 12.6. The molecule has 1 aromatic heterocycles. The standard InChI is InChI=1S/C22H20F4N2O2/c1-4-19(21(29)28(2)3)30-15-11-13(10-14(12-15)22(24,25)26)16-7-8-18(23)17-6-5-9-27-20(16)17/h5-12,19H,4H2,1-3H3. The van der Waals surface area contributed by atoms with Crippen LogP contribution in [-0.4, -0.2) is 36.0 Å². The van der Waals surface area contributed by atoms with Gasteiger partial charge in [0.25, 0.3) is 5.91 Å². The summed E-state index contributed by atoms with van der Waals surface area (Å²) < 4.78 is 60.4. The van der Waals surface area contributed by atoms with Crippen molar-refractivity contribution in [3.63, 3.8) is 0 Å². The molecule has 1 unspecified atom stereocenters. The molecule has 0 fully saturated rings. The van der Waals surface area contributed by atoms with Crippen molar-refractivity contribution in [2.45, 2.75) is 25.6 Å². The quantitative estimate of drug-likeness (QED) is 0.526. The van der Waals surface area contributed by atoms with Crippen LogP contribution in [0.2, 0.25) is 0 Å². The largest absolute Gasteiger partial charge is 0.481 e. The van der Waals surface area contributed by atoms with Gasteiger partial charge in [0.15, 0.2) is 6.10 Å². The van der Waals surface area contributed by atoms with Gasteiger partial charge in [-0.25, -0.2) is 4.39 Å². The van der Waals surface area contributed by atoms with Crippen LogP contribution in [0.3, 0.4) is 0 Å². The Hall–Kier alpha value is -3.16.